The van der Waals surface area contributed by atoms with Crippen molar-refractivity contribution in [1.29, 1.82) is 0 Å². The molecule has 0 saturated carbocycles. The summed E-state index contributed by atoms with van der Waals surface area (Å²) >= 11 is 0.869. The molecule has 0 aliphatic carbocycles. The van der Waals surface area contributed by atoms with E-state index in [-0.39, 0.29) is 15.3 Å². The van der Waals surface area contributed by atoms with Crippen LogP contribution in [0.4, 0.5) is 8.78 Å². The van der Waals surface area contributed by atoms with Crippen LogP contribution in [0.1, 0.15) is 5.56 Å². The van der Waals surface area contributed by atoms with E-state index < -0.39 is 23.6 Å². The number of halogens is 2. The molecule has 82 valence electrons. The number of carbonyl (C=O) groups is 1. The summed E-state index contributed by atoms with van der Waals surface area (Å²) in [5.74, 6) is -2.54. The molecule has 0 amide bonds. The van der Waals surface area contributed by atoms with Crippen molar-refractivity contribution in [3.05, 3.63) is 29.3 Å². The van der Waals surface area contributed by atoms with Crippen LogP contribution in [0.25, 0.3) is 0 Å². The van der Waals surface area contributed by atoms with Crippen LogP contribution in [0.2, 0.25) is 0 Å². The topological polar surface area (TPSA) is 63.3 Å². The summed E-state index contributed by atoms with van der Waals surface area (Å²) in [6.45, 7) is 0. The molecule has 3 nitrogen and oxygen atoms in total. The van der Waals surface area contributed by atoms with Gasteiger partial charge in [0.25, 0.3) is 0 Å². The fourth-order valence-corrected chi connectivity index (χ4v) is 1.76. The van der Waals surface area contributed by atoms with Gasteiger partial charge < -0.3 is 0 Å². The molecule has 0 bridgehead atoms. The maximum atomic E-state index is 13.4. The van der Waals surface area contributed by atoms with E-state index in [1.807, 2.05) is 0 Å². The summed E-state index contributed by atoms with van der Waals surface area (Å²) in [5.41, 5.74) is 5.38. The van der Waals surface area contributed by atoms with E-state index in [1.165, 1.54) is 6.07 Å². The van der Waals surface area contributed by atoms with Gasteiger partial charge in [0, 0.05) is 0 Å². The van der Waals surface area contributed by atoms with E-state index in [0.29, 0.717) is 0 Å². The Balaban J connectivity index is 2.97. The molecule has 1 atom stereocenters. The average Bonchev–Trinajstić information content (AvgIpc) is 2.18. The van der Waals surface area contributed by atoms with Gasteiger partial charge in [-0.3, -0.25) is 0 Å². The van der Waals surface area contributed by atoms with Crippen molar-refractivity contribution >= 4 is 9.24 Å². The zero-order valence-corrected chi connectivity index (χ0v) is 10.4. The van der Waals surface area contributed by atoms with Gasteiger partial charge in [0.1, 0.15) is 0 Å². The summed E-state index contributed by atoms with van der Waals surface area (Å²) < 4.78 is 26.2. The molecule has 1 rings (SSSR count). The molecule has 0 heterocycles. The van der Waals surface area contributed by atoms with Gasteiger partial charge >= 0.3 is 100 Å². The van der Waals surface area contributed by atoms with Crippen molar-refractivity contribution in [2.75, 3.05) is 0 Å². The second-order valence-electron chi connectivity index (χ2n) is 2.98. The van der Waals surface area contributed by atoms with Crippen molar-refractivity contribution in [3.63, 3.8) is 0 Å². The Morgan fingerprint density at radius 1 is 1.53 bits per heavy atom. The number of hydrogen-bond donors (Lipinski definition) is 2. The second-order valence-corrected chi connectivity index (χ2v) is 4.45. The molecule has 1 aromatic carbocycles. The number of carboxylic acid groups (broad SMARTS) is 1. The van der Waals surface area contributed by atoms with Crippen LogP contribution in [-0.4, -0.2) is 17.1 Å². The molecular weight excluding hydrogens is 402 g/mol. The second kappa shape index (κ2) is 4.95. The zero-order valence-electron chi connectivity index (χ0n) is 7.51. The van der Waals surface area contributed by atoms with Crippen LogP contribution < -0.4 is 9.01 Å². The van der Waals surface area contributed by atoms with Crippen molar-refractivity contribution < 1.29 is 43.4 Å². The summed E-state index contributed by atoms with van der Waals surface area (Å²) in [7, 11) is 0. The van der Waals surface area contributed by atoms with Crippen LogP contribution in [0.5, 0.6) is 0 Å². The minimum atomic E-state index is -1.21. The van der Waals surface area contributed by atoms with Gasteiger partial charge in [-0.05, 0) is 0 Å². The first-order chi connectivity index (χ1) is 6.93. The quantitative estimate of drug-likeness (QED) is 0.743. The van der Waals surface area contributed by atoms with Crippen LogP contribution >= 0.6 is 0 Å². The predicted octanol–water partition coefficient (Wildman–Crippen LogP) is 0.0938. The molecular formula is C9H8AtF2NO2. The first-order valence-corrected chi connectivity index (χ1v) is 5.51. The SMILES string of the molecule is N[C@@H](Cc1ccc(F)c([At])c1F)C(=O)O. The molecule has 3 N–H and O–H groups in total. The molecule has 0 radical (unpaired) electrons. The molecule has 1 aromatic rings. The number of benzene rings is 1. The summed E-state index contributed by atoms with van der Waals surface area (Å²) in [6.07, 6.45) is -0.142. The predicted molar refractivity (Wildman–Crippen MR) is 45.3 cm³/mol. The molecule has 15 heavy (non-hydrogen) atoms. The van der Waals surface area contributed by atoms with Gasteiger partial charge in [0.05, 0.1) is 0 Å². The van der Waals surface area contributed by atoms with Gasteiger partial charge in [-0.15, -0.1) is 0 Å². The van der Waals surface area contributed by atoms with Crippen LogP contribution in [0.3, 0.4) is 0 Å². The van der Waals surface area contributed by atoms with E-state index in [2.05, 4.69) is 0 Å². The monoisotopic (exact) mass is 410 g/mol. The normalized spacial score (nSPS) is 12.5. The zero-order chi connectivity index (χ0) is 11.6. The van der Waals surface area contributed by atoms with Crippen LogP contribution in [0.15, 0.2) is 12.1 Å². The van der Waals surface area contributed by atoms with Crippen molar-refractivity contribution in [1.82, 2.24) is 0 Å². The Morgan fingerprint density at radius 2 is 2.13 bits per heavy atom. The van der Waals surface area contributed by atoms with Gasteiger partial charge in [-0.25, -0.2) is 0 Å². The average molecular weight is 410 g/mol. The molecule has 0 saturated heterocycles. The van der Waals surface area contributed by atoms with Gasteiger partial charge in [-0.2, -0.15) is 0 Å². The number of carboxylic acids is 1. The number of aliphatic carboxylic acids is 1. The van der Waals surface area contributed by atoms with Crippen molar-refractivity contribution in [2.24, 2.45) is 5.73 Å². The van der Waals surface area contributed by atoms with E-state index in [4.69, 9.17) is 10.8 Å². The third-order valence-electron chi connectivity index (χ3n) is 1.87. The Hall–Kier alpha value is -0.607. The Bertz CT molecular complexity index is 398. The van der Waals surface area contributed by atoms with Gasteiger partial charge in [0.15, 0.2) is 0 Å². The number of hydrogen-bond acceptors (Lipinski definition) is 2. The van der Waals surface area contributed by atoms with Crippen LogP contribution in [-0.2, 0) is 11.2 Å². The first kappa shape index (κ1) is 12.5. The van der Waals surface area contributed by atoms with Gasteiger partial charge in [0.2, 0.25) is 0 Å². The summed E-state index contributed by atoms with van der Waals surface area (Å²) in [4.78, 5) is 10.4. The number of nitrogens with two attached hydrogens (primary N) is 1. The fraction of sp³-hybridized carbons (Fsp3) is 0.222. The third-order valence-corrected chi connectivity index (χ3v) is 3.22. The molecule has 0 unspecified atom stereocenters. The minimum absolute atomic E-state index is 0.0647. The Morgan fingerprint density at radius 3 is 2.67 bits per heavy atom. The Labute approximate surface area is 100 Å². The van der Waals surface area contributed by atoms with E-state index in [9.17, 15) is 13.6 Å². The molecule has 0 spiro atoms. The first-order valence-electron chi connectivity index (χ1n) is 4.04. The summed E-state index contributed by atoms with van der Waals surface area (Å²) in [6, 6.07) is 1.16. The number of rotatable bonds is 3. The van der Waals surface area contributed by atoms with Crippen molar-refractivity contribution in [2.45, 2.75) is 12.5 Å². The standard InChI is InChI=1S/C9H8AtF2NO2/c10-7-5(11)2-1-4(8(7)12)3-6(13)9(14)15/h1-2,6H,3,13H2,(H,14,15)/t6-/m0/s1. The van der Waals surface area contributed by atoms with Gasteiger partial charge in [-0.1, -0.05) is 0 Å². The molecule has 6 heteroatoms. The Kier molecular flexibility index (Phi) is 4.11. The molecule has 0 fully saturated rings. The van der Waals surface area contributed by atoms with Crippen LogP contribution in [0, 0.1) is 36.4 Å². The maximum absolute atomic E-state index is 13.4. The van der Waals surface area contributed by atoms with Crippen molar-refractivity contribution in [3.8, 4) is 0 Å². The molecule has 0 aliphatic rings. The molecule has 0 aliphatic heterocycles. The van der Waals surface area contributed by atoms with E-state index >= 15 is 0 Å². The third kappa shape index (κ3) is 2.92. The van der Waals surface area contributed by atoms with E-state index in [1.54, 1.807) is 0 Å². The fourth-order valence-electron chi connectivity index (χ4n) is 1.05. The van der Waals surface area contributed by atoms with E-state index in [0.717, 1.165) is 30.8 Å². The molecule has 0 aromatic heterocycles. The summed E-state index contributed by atoms with van der Waals surface area (Å²) in [5, 5.41) is 8.54.